The van der Waals surface area contributed by atoms with Crippen molar-refractivity contribution in [2.24, 2.45) is 0 Å². The summed E-state index contributed by atoms with van der Waals surface area (Å²) < 4.78 is 0. The highest BCUT2D eigenvalue weighted by molar-refractivity contribution is 5.83. The number of benzene rings is 7. The lowest BCUT2D eigenvalue weighted by molar-refractivity contribution is 1.07. The molecular formula is C55H42N6. The van der Waals surface area contributed by atoms with Gasteiger partial charge in [0.25, 0.3) is 0 Å². The topological polar surface area (TPSA) is 77.3 Å². The second-order valence-corrected chi connectivity index (χ2v) is 14.9. The summed E-state index contributed by atoms with van der Waals surface area (Å²) in [4.78, 5) is 29.8. The SMILES string of the molecule is C=Cc1c(/C=C\Cc2cccc(-c3nc(-c4ccccc4)nc(-c4ccccc4C)n3)c2)cccc1-c1cccc(-c2nc(-c3ccccc3)nc(-c3ccccc3C)n2)c1. The van der Waals surface area contributed by atoms with Crippen molar-refractivity contribution in [1.29, 1.82) is 0 Å². The first-order chi connectivity index (χ1) is 30.0. The maximum absolute atomic E-state index is 5.03. The highest BCUT2D eigenvalue weighted by atomic mass is 15.0. The molecule has 0 saturated heterocycles. The molecule has 0 spiro atoms. The van der Waals surface area contributed by atoms with E-state index in [9.17, 15) is 0 Å². The number of allylic oxidation sites excluding steroid dienone is 1. The van der Waals surface area contributed by atoms with Crippen LogP contribution in [0.1, 0.15) is 27.8 Å². The fraction of sp³-hybridized carbons (Fsp3) is 0.0545. The predicted octanol–water partition coefficient (Wildman–Crippen LogP) is 13.2. The maximum Gasteiger partial charge on any atom is 0.164 e. The van der Waals surface area contributed by atoms with Crippen molar-refractivity contribution >= 4 is 12.2 Å². The van der Waals surface area contributed by atoms with Gasteiger partial charge >= 0.3 is 0 Å². The molecule has 0 amide bonds. The van der Waals surface area contributed by atoms with Crippen molar-refractivity contribution < 1.29 is 0 Å². The second kappa shape index (κ2) is 17.5. The van der Waals surface area contributed by atoms with Gasteiger partial charge in [-0.3, -0.25) is 0 Å². The molecule has 6 heteroatoms. The van der Waals surface area contributed by atoms with Gasteiger partial charge in [0.1, 0.15) is 0 Å². The molecule has 0 aliphatic rings. The third-order valence-electron chi connectivity index (χ3n) is 10.7. The van der Waals surface area contributed by atoms with Crippen LogP contribution in [-0.2, 0) is 6.42 Å². The first-order valence-corrected chi connectivity index (χ1v) is 20.4. The number of aryl methyl sites for hydroxylation is 2. The molecule has 0 bridgehead atoms. The van der Waals surface area contributed by atoms with Crippen molar-refractivity contribution in [3.63, 3.8) is 0 Å². The minimum absolute atomic E-state index is 0.618. The molecule has 292 valence electrons. The Morgan fingerprint density at radius 3 is 1.38 bits per heavy atom. The van der Waals surface area contributed by atoms with E-state index >= 15 is 0 Å². The van der Waals surface area contributed by atoms with Gasteiger partial charge in [0.15, 0.2) is 34.9 Å². The number of rotatable bonds is 11. The molecule has 9 aromatic rings. The van der Waals surface area contributed by atoms with Crippen LogP contribution < -0.4 is 0 Å². The van der Waals surface area contributed by atoms with Gasteiger partial charge in [-0.05, 0) is 71.3 Å². The predicted molar refractivity (Wildman–Crippen MR) is 250 cm³/mol. The minimum Gasteiger partial charge on any atom is -0.208 e. The summed E-state index contributed by atoms with van der Waals surface area (Å²) in [5.74, 6) is 3.85. The van der Waals surface area contributed by atoms with Gasteiger partial charge in [0, 0.05) is 33.4 Å². The second-order valence-electron chi connectivity index (χ2n) is 14.9. The number of aromatic nitrogens is 6. The first-order valence-electron chi connectivity index (χ1n) is 20.4. The average molecular weight is 787 g/mol. The van der Waals surface area contributed by atoms with Crippen LogP contribution in [0.3, 0.4) is 0 Å². The summed E-state index contributed by atoms with van der Waals surface area (Å²) in [7, 11) is 0. The van der Waals surface area contributed by atoms with E-state index in [1.807, 2.05) is 91.0 Å². The summed E-state index contributed by atoms with van der Waals surface area (Å²) in [6.45, 7) is 8.41. The van der Waals surface area contributed by atoms with Crippen LogP contribution in [0.2, 0.25) is 0 Å². The van der Waals surface area contributed by atoms with Gasteiger partial charge in [0.2, 0.25) is 0 Å². The standard InChI is InChI=1S/C55H42N6/c1-4-46-40(27-15-21-39-22-16-30-44(35-39)52-56-50(41-23-7-5-8-24-41)58-54(60-52)47-32-13-11-19-37(47)2)28-18-34-49(46)43-29-17-31-45(36-43)53-57-51(42-25-9-6-10-26-42)59-55(61-53)48-33-14-12-20-38(48)3/h4-20,22-36H,1,21H2,2-3H3/b27-15-. The largest absolute Gasteiger partial charge is 0.208 e. The molecule has 2 heterocycles. The van der Waals surface area contributed by atoms with Crippen molar-refractivity contribution in [2.45, 2.75) is 20.3 Å². The van der Waals surface area contributed by atoms with Gasteiger partial charge in [0.05, 0.1) is 0 Å². The van der Waals surface area contributed by atoms with Crippen LogP contribution >= 0.6 is 0 Å². The summed E-state index contributed by atoms with van der Waals surface area (Å²) in [6.07, 6.45) is 7.03. The Hall–Kier alpha value is -7.96. The molecule has 6 nitrogen and oxygen atoms in total. The van der Waals surface area contributed by atoms with Crippen LogP contribution in [0.4, 0.5) is 0 Å². The molecule has 61 heavy (non-hydrogen) atoms. The molecule has 2 aromatic heterocycles. The number of hydrogen-bond donors (Lipinski definition) is 0. The fourth-order valence-electron chi connectivity index (χ4n) is 7.52. The van der Waals surface area contributed by atoms with E-state index in [0.29, 0.717) is 34.9 Å². The van der Waals surface area contributed by atoms with E-state index in [4.69, 9.17) is 29.9 Å². The van der Waals surface area contributed by atoms with Crippen molar-refractivity contribution in [1.82, 2.24) is 29.9 Å². The molecule has 0 aliphatic heterocycles. The zero-order valence-electron chi connectivity index (χ0n) is 34.1. The molecular weight excluding hydrogens is 745 g/mol. The van der Waals surface area contributed by atoms with Crippen LogP contribution in [0.25, 0.3) is 91.6 Å². The summed E-state index contributed by atoms with van der Waals surface area (Å²) in [6, 6.07) is 59.7. The van der Waals surface area contributed by atoms with Gasteiger partial charge < -0.3 is 0 Å². The molecule has 9 rings (SSSR count). The Morgan fingerprint density at radius 1 is 0.393 bits per heavy atom. The van der Waals surface area contributed by atoms with Crippen molar-refractivity contribution in [2.75, 3.05) is 0 Å². The molecule has 0 unspecified atom stereocenters. The minimum atomic E-state index is 0.618. The summed E-state index contributed by atoms with van der Waals surface area (Å²) >= 11 is 0. The first kappa shape index (κ1) is 38.6. The van der Waals surface area contributed by atoms with Crippen molar-refractivity contribution in [3.05, 3.63) is 216 Å². The number of nitrogens with zero attached hydrogens (tertiary/aromatic N) is 6. The Kier molecular flexibility index (Phi) is 11.1. The Balaban J connectivity index is 1.01. The molecule has 0 radical (unpaired) electrons. The highest BCUT2D eigenvalue weighted by Crippen LogP contribution is 2.33. The van der Waals surface area contributed by atoms with Gasteiger partial charge in [-0.25, -0.2) is 29.9 Å². The highest BCUT2D eigenvalue weighted by Gasteiger charge is 2.16. The maximum atomic E-state index is 5.03. The summed E-state index contributed by atoms with van der Waals surface area (Å²) in [5.41, 5.74) is 13.3. The fourth-order valence-corrected chi connectivity index (χ4v) is 7.52. The van der Waals surface area contributed by atoms with Crippen molar-refractivity contribution in [3.8, 4) is 79.5 Å². The number of hydrogen-bond acceptors (Lipinski definition) is 6. The smallest absolute Gasteiger partial charge is 0.164 e. The Labute approximate surface area is 356 Å². The summed E-state index contributed by atoms with van der Waals surface area (Å²) in [5, 5.41) is 0. The van der Waals surface area contributed by atoms with E-state index in [1.165, 1.54) is 0 Å². The Morgan fingerprint density at radius 2 is 0.820 bits per heavy atom. The lowest BCUT2D eigenvalue weighted by Crippen LogP contribution is -2.01. The molecule has 0 aliphatic carbocycles. The molecule has 0 N–H and O–H groups in total. The normalized spacial score (nSPS) is 11.2. The van der Waals surface area contributed by atoms with Crippen LogP contribution in [0, 0.1) is 13.8 Å². The lowest BCUT2D eigenvalue weighted by atomic mass is 9.93. The molecule has 0 atom stereocenters. The quantitative estimate of drug-likeness (QED) is 0.130. The van der Waals surface area contributed by atoms with Gasteiger partial charge in [-0.1, -0.05) is 189 Å². The van der Waals surface area contributed by atoms with E-state index < -0.39 is 0 Å². The zero-order chi connectivity index (χ0) is 41.5. The third kappa shape index (κ3) is 8.47. The van der Waals surface area contributed by atoms with E-state index in [2.05, 4.69) is 124 Å². The lowest BCUT2D eigenvalue weighted by Gasteiger charge is -2.13. The molecule has 7 aromatic carbocycles. The third-order valence-corrected chi connectivity index (χ3v) is 10.7. The monoisotopic (exact) mass is 786 g/mol. The van der Waals surface area contributed by atoms with E-state index in [1.54, 1.807) is 0 Å². The van der Waals surface area contributed by atoms with Gasteiger partial charge in [-0.15, -0.1) is 0 Å². The molecule has 0 saturated carbocycles. The average Bonchev–Trinajstić information content (AvgIpc) is 3.32. The van der Waals surface area contributed by atoms with E-state index in [0.717, 1.165) is 78.7 Å². The van der Waals surface area contributed by atoms with Crippen LogP contribution in [0.5, 0.6) is 0 Å². The van der Waals surface area contributed by atoms with Gasteiger partial charge in [-0.2, -0.15) is 0 Å². The van der Waals surface area contributed by atoms with Crippen LogP contribution in [-0.4, -0.2) is 29.9 Å². The van der Waals surface area contributed by atoms with E-state index in [-0.39, 0.29) is 0 Å². The Bertz CT molecular complexity index is 3050. The zero-order valence-corrected chi connectivity index (χ0v) is 34.1. The van der Waals surface area contributed by atoms with Crippen LogP contribution in [0.15, 0.2) is 189 Å². The molecule has 0 fully saturated rings.